The quantitative estimate of drug-likeness (QED) is 0.682. The zero-order chi connectivity index (χ0) is 11.5. The fourth-order valence-corrected chi connectivity index (χ4v) is 2.26. The molecule has 3 rings (SSSR count). The molecule has 1 aliphatic heterocycles. The van der Waals surface area contributed by atoms with Gasteiger partial charge in [-0.1, -0.05) is 30.3 Å². The molecule has 2 heterocycles. The van der Waals surface area contributed by atoms with Gasteiger partial charge in [0, 0.05) is 18.4 Å². The summed E-state index contributed by atoms with van der Waals surface area (Å²) < 4.78 is 8.29. The lowest BCUT2D eigenvalue weighted by Gasteiger charge is -1.99. The predicted octanol–water partition coefficient (Wildman–Crippen LogP) is 2.51. The molecule has 0 bridgehead atoms. The zero-order valence-electron chi connectivity index (χ0n) is 9.80. The molecule has 0 unspecified atom stereocenters. The summed E-state index contributed by atoms with van der Waals surface area (Å²) in [4.78, 5) is 0. The van der Waals surface area contributed by atoms with E-state index < -0.39 is 0 Å². The zero-order valence-corrected chi connectivity index (χ0v) is 9.80. The van der Waals surface area contributed by atoms with Crippen molar-refractivity contribution >= 4 is 0 Å². The molecule has 0 amide bonds. The lowest BCUT2D eigenvalue weighted by atomic mass is 10.2. The minimum atomic E-state index is 0.940. The first-order valence-corrected chi connectivity index (χ1v) is 6.17. The third-order valence-electron chi connectivity index (χ3n) is 3.18. The van der Waals surface area contributed by atoms with E-state index in [1.807, 2.05) is 24.3 Å². The average molecular weight is 226 g/mol. The van der Waals surface area contributed by atoms with E-state index in [0.29, 0.717) is 0 Å². The number of hydrogen-bond donors (Lipinski definition) is 0. The van der Waals surface area contributed by atoms with Gasteiger partial charge in [0.1, 0.15) is 18.8 Å². The van der Waals surface area contributed by atoms with Crippen LogP contribution in [0.4, 0.5) is 0 Å². The van der Waals surface area contributed by atoms with E-state index >= 15 is 0 Å². The smallest absolute Gasteiger partial charge is 0.367 e. The second-order valence-electron chi connectivity index (χ2n) is 4.39. The topological polar surface area (TPSA) is 16.1 Å². The number of benzene rings is 1. The first kappa shape index (κ1) is 10.3. The molecule has 0 atom stereocenters. The first-order valence-electron chi connectivity index (χ1n) is 6.17. The van der Waals surface area contributed by atoms with Gasteiger partial charge in [-0.05, 0) is 12.1 Å². The predicted molar refractivity (Wildman–Crippen MR) is 68.4 cm³/mol. The largest absolute Gasteiger partial charge is 0.405 e. The highest BCUT2D eigenvalue weighted by Gasteiger charge is 2.15. The van der Waals surface area contributed by atoms with Crippen molar-refractivity contribution in [3.8, 4) is 11.3 Å². The molecule has 1 aromatic carbocycles. The average Bonchev–Trinajstić information content (AvgIpc) is 2.94. The van der Waals surface area contributed by atoms with E-state index in [9.17, 15) is 0 Å². The monoisotopic (exact) mass is 226 g/mol. The van der Waals surface area contributed by atoms with Crippen LogP contribution >= 0.6 is 0 Å². The second kappa shape index (κ2) is 4.58. The molecule has 1 saturated heterocycles. The molecule has 17 heavy (non-hydrogen) atoms. The standard InChI is InChI=1S/C15H16NO/c1-2-7-13(8-3-1)14-9-6-10-15(17-14)16-11-4-5-12-16/h1-3,6-10H,4-5,11-12H2/q+1. The van der Waals surface area contributed by atoms with Crippen molar-refractivity contribution in [2.24, 2.45) is 0 Å². The van der Waals surface area contributed by atoms with E-state index in [-0.39, 0.29) is 0 Å². The molecule has 0 saturated carbocycles. The van der Waals surface area contributed by atoms with Gasteiger partial charge in [0.2, 0.25) is 0 Å². The summed E-state index contributed by atoms with van der Waals surface area (Å²) in [6, 6.07) is 16.4. The number of nitrogens with zero attached hydrogens (tertiary/aromatic N) is 1. The minimum absolute atomic E-state index is 0.940. The molecule has 1 aromatic heterocycles. The van der Waals surface area contributed by atoms with Gasteiger partial charge in [0.25, 0.3) is 0 Å². The summed E-state index contributed by atoms with van der Waals surface area (Å²) in [5.74, 6) is 0.940. The Morgan fingerprint density at radius 2 is 1.59 bits per heavy atom. The lowest BCUT2D eigenvalue weighted by molar-refractivity contribution is 0.449. The Balaban J connectivity index is 2.09. The van der Waals surface area contributed by atoms with Gasteiger partial charge in [-0.15, -0.1) is 0 Å². The molecule has 1 fully saturated rings. The van der Waals surface area contributed by atoms with Crippen LogP contribution < -0.4 is 10.1 Å². The van der Waals surface area contributed by atoms with Gasteiger partial charge in [0.15, 0.2) is 0 Å². The van der Waals surface area contributed by atoms with Gasteiger partial charge >= 0.3 is 5.55 Å². The van der Waals surface area contributed by atoms with Gasteiger partial charge in [-0.3, -0.25) is 0 Å². The van der Waals surface area contributed by atoms with Crippen LogP contribution in [-0.2, 0) is 0 Å². The van der Waals surface area contributed by atoms with Crippen LogP contribution in [0, 0.1) is 0 Å². The summed E-state index contributed by atoms with van der Waals surface area (Å²) in [5.41, 5.74) is 2.12. The highest BCUT2D eigenvalue weighted by atomic mass is 16.3. The Morgan fingerprint density at radius 1 is 0.824 bits per heavy atom. The Morgan fingerprint density at radius 3 is 2.35 bits per heavy atom. The Kier molecular flexibility index (Phi) is 2.78. The van der Waals surface area contributed by atoms with Crippen molar-refractivity contribution in [1.82, 2.24) is 4.58 Å². The summed E-state index contributed by atoms with van der Waals surface area (Å²) >= 11 is 0. The maximum Gasteiger partial charge on any atom is 0.367 e. The second-order valence-corrected chi connectivity index (χ2v) is 4.39. The highest BCUT2D eigenvalue weighted by molar-refractivity contribution is 5.56. The van der Waals surface area contributed by atoms with Crippen LogP contribution in [0.5, 0.6) is 0 Å². The highest BCUT2D eigenvalue weighted by Crippen LogP contribution is 2.16. The third-order valence-corrected chi connectivity index (χ3v) is 3.18. The van der Waals surface area contributed by atoms with Crippen LogP contribution in [-0.4, -0.2) is 13.1 Å². The molecule has 0 aliphatic carbocycles. The van der Waals surface area contributed by atoms with E-state index in [0.717, 1.165) is 30.0 Å². The SMILES string of the molecule is c1ccc(-c2cccc(=[N+]3CCCC3)o2)cc1. The molecular weight excluding hydrogens is 210 g/mol. The van der Waals surface area contributed by atoms with Crippen LogP contribution in [0.15, 0.2) is 52.9 Å². The third kappa shape index (κ3) is 2.16. The van der Waals surface area contributed by atoms with Crippen molar-refractivity contribution in [3.63, 3.8) is 0 Å². The van der Waals surface area contributed by atoms with Gasteiger partial charge in [0.05, 0.1) is 6.07 Å². The Hall–Kier alpha value is -1.83. The Bertz CT molecular complexity index is 561. The normalized spacial score (nSPS) is 15.2. The molecule has 2 aromatic rings. The molecular formula is C15H16NO+. The summed E-state index contributed by atoms with van der Waals surface area (Å²) in [6.07, 6.45) is 2.54. The molecule has 2 heteroatoms. The van der Waals surface area contributed by atoms with E-state index in [1.54, 1.807) is 0 Å². The summed E-state index contributed by atoms with van der Waals surface area (Å²) in [5, 5.41) is 0. The van der Waals surface area contributed by atoms with Crippen LogP contribution in [0.25, 0.3) is 11.3 Å². The summed E-state index contributed by atoms with van der Waals surface area (Å²) in [6.45, 7) is 2.23. The van der Waals surface area contributed by atoms with E-state index in [2.05, 4.69) is 28.8 Å². The first-order chi connectivity index (χ1) is 8.43. The van der Waals surface area contributed by atoms with Gasteiger partial charge in [-0.2, -0.15) is 4.58 Å². The molecule has 0 N–H and O–H groups in total. The van der Waals surface area contributed by atoms with Crippen molar-refractivity contribution in [3.05, 3.63) is 54.1 Å². The van der Waals surface area contributed by atoms with Crippen molar-refractivity contribution in [2.75, 3.05) is 13.1 Å². The van der Waals surface area contributed by atoms with Crippen LogP contribution in [0.3, 0.4) is 0 Å². The fourth-order valence-electron chi connectivity index (χ4n) is 2.26. The fraction of sp³-hybridized carbons (Fsp3) is 0.267. The maximum atomic E-state index is 5.97. The number of hydrogen-bond acceptors (Lipinski definition) is 1. The Labute approximate surface area is 101 Å². The molecule has 2 nitrogen and oxygen atoms in total. The van der Waals surface area contributed by atoms with Crippen LogP contribution in [0.2, 0.25) is 0 Å². The molecule has 0 radical (unpaired) electrons. The lowest BCUT2D eigenvalue weighted by Crippen LogP contribution is -2.26. The number of rotatable bonds is 1. The molecule has 1 aliphatic rings. The molecule has 86 valence electrons. The van der Waals surface area contributed by atoms with Gasteiger partial charge in [-0.25, -0.2) is 0 Å². The van der Waals surface area contributed by atoms with E-state index in [1.165, 1.54) is 12.8 Å². The van der Waals surface area contributed by atoms with Gasteiger partial charge < -0.3 is 4.42 Å². The van der Waals surface area contributed by atoms with Crippen LogP contribution in [0.1, 0.15) is 12.8 Å². The summed E-state index contributed by atoms with van der Waals surface area (Å²) in [7, 11) is 0. The van der Waals surface area contributed by atoms with E-state index in [4.69, 9.17) is 4.42 Å². The molecule has 0 spiro atoms. The van der Waals surface area contributed by atoms with Crippen molar-refractivity contribution < 1.29 is 4.42 Å². The van der Waals surface area contributed by atoms with Crippen molar-refractivity contribution in [2.45, 2.75) is 12.8 Å². The minimum Gasteiger partial charge on any atom is -0.405 e. The maximum absolute atomic E-state index is 5.97. The van der Waals surface area contributed by atoms with Crippen molar-refractivity contribution in [1.29, 1.82) is 0 Å².